The van der Waals surface area contributed by atoms with Crippen molar-refractivity contribution >= 4 is 12.1 Å². The lowest BCUT2D eigenvalue weighted by Gasteiger charge is -2.48. The van der Waals surface area contributed by atoms with Crippen molar-refractivity contribution in [2.45, 2.75) is 185 Å². The SMILES string of the molecule is CC[C@H]1OC(=O)[C@H](C)[C@@H](OC2CC(C)(OC)C(O)C(C)O2)[C@H](C)[C@@H](OC2OC(C)CC(NC(=O)OC)C2O)[C@](C)(O)C[C@@H](C)CN(C)[C@H](C)[C@@H](O)[C@]1(C)O. The number of alkyl carbamates (subject to hydrolysis) is 1. The molecule has 0 aliphatic carbocycles. The van der Waals surface area contributed by atoms with Crippen molar-refractivity contribution in [1.29, 1.82) is 0 Å². The number of hydrogen-bond donors (Lipinski definition) is 6. The van der Waals surface area contributed by atoms with Gasteiger partial charge in [-0.15, -0.1) is 0 Å². The molecule has 0 aromatic heterocycles. The zero-order chi connectivity index (χ0) is 41.1. The molecule has 0 aromatic rings. The highest BCUT2D eigenvalue weighted by Crippen LogP contribution is 2.40. The Morgan fingerprint density at radius 1 is 0.963 bits per heavy atom. The minimum Gasteiger partial charge on any atom is -0.459 e. The molecule has 0 spiro atoms. The first-order chi connectivity index (χ1) is 24.9. The first-order valence-electron chi connectivity index (χ1n) is 19.3. The molecular formula is C38H70N2O14. The molecule has 16 heteroatoms. The summed E-state index contributed by atoms with van der Waals surface area (Å²) >= 11 is 0. The number of cyclic esters (lactones) is 1. The van der Waals surface area contributed by atoms with Gasteiger partial charge in [-0.3, -0.25) is 4.79 Å². The Morgan fingerprint density at radius 3 is 2.17 bits per heavy atom. The van der Waals surface area contributed by atoms with E-state index in [-0.39, 0.29) is 31.6 Å². The molecule has 3 heterocycles. The van der Waals surface area contributed by atoms with Gasteiger partial charge in [-0.05, 0) is 80.7 Å². The van der Waals surface area contributed by atoms with Crippen LogP contribution in [0.2, 0.25) is 0 Å². The molecule has 0 radical (unpaired) electrons. The molecule has 16 nitrogen and oxygen atoms in total. The highest BCUT2D eigenvalue weighted by molar-refractivity contribution is 5.73. The highest BCUT2D eigenvalue weighted by atomic mass is 16.7. The highest BCUT2D eigenvalue weighted by Gasteiger charge is 2.52. The second-order valence-corrected chi connectivity index (χ2v) is 16.9. The number of carbonyl (C=O) groups is 2. The van der Waals surface area contributed by atoms with Gasteiger partial charge in [0, 0.05) is 32.0 Å². The van der Waals surface area contributed by atoms with Gasteiger partial charge in [-0.1, -0.05) is 20.8 Å². The number of ether oxygens (including phenoxy) is 7. The van der Waals surface area contributed by atoms with Crippen LogP contribution in [-0.4, -0.2) is 161 Å². The molecule has 0 aromatic carbocycles. The van der Waals surface area contributed by atoms with Crippen molar-refractivity contribution in [2.75, 3.05) is 27.8 Å². The number of aliphatic hydroxyl groups excluding tert-OH is 3. The quantitative estimate of drug-likeness (QED) is 0.203. The Morgan fingerprint density at radius 2 is 1.59 bits per heavy atom. The number of likely N-dealkylation sites (N-methyl/N-ethyl adjacent to an activating group) is 1. The molecule has 1 amide bonds. The van der Waals surface area contributed by atoms with Gasteiger partial charge >= 0.3 is 12.1 Å². The van der Waals surface area contributed by atoms with Crippen LogP contribution >= 0.6 is 0 Å². The largest absolute Gasteiger partial charge is 0.459 e. The van der Waals surface area contributed by atoms with E-state index in [9.17, 15) is 35.1 Å². The van der Waals surface area contributed by atoms with Crippen LogP contribution in [0.4, 0.5) is 4.79 Å². The van der Waals surface area contributed by atoms with Crippen LogP contribution in [0.5, 0.6) is 0 Å². The molecule has 3 aliphatic heterocycles. The van der Waals surface area contributed by atoms with Crippen LogP contribution in [0.15, 0.2) is 0 Å². The number of hydrogen-bond acceptors (Lipinski definition) is 15. The summed E-state index contributed by atoms with van der Waals surface area (Å²) in [5.74, 6) is -2.86. The summed E-state index contributed by atoms with van der Waals surface area (Å²) in [6, 6.07) is -1.38. The normalized spacial score (nSPS) is 47.9. The van der Waals surface area contributed by atoms with Crippen LogP contribution in [0.1, 0.15) is 94.9 Å². The van der Waals surface area contributed by atoms with Crippen molar-refractivity contribution in [3.8, 4) is 0 Å². The number of rotatable bonds is 7. The van der Waals surface area contributed by atoms with E-state index >= 15 is 0 Å². The van der Waals surface area contributed by atoms with Gasteiger partial charge in [0.1, 0.15) is 30.0 Å². The summed E-state index contributed by atoms with van der Waals surface area (Å²) in [5.41, 5.74) is -4.55. The summed E-state index contributed by atoms with van der Waals surface area (Å²) in [7, 11) is 4.51. The van der Waals surface area contributed by atoms with Gasteiger partial charge in [0.05, 0.1) is 54.7 Å². The van der Waals surface area contributed by atoms with E-state index in [1.54, 1.807) is 62.4 Å². The van der Waals surface area contributed by atoms with Gasteiger partial charge in [-0.25, -0.2) is 4.79 Å². The topological polar surface area (TPSA) is 215 Å². The van der Waals surface area contributed by atoms with Gasteiger partial charge in [0.2, 0.25) is 0 Å². The fourth-order valence-corrected chi connectivity index (χ4v) is 8.60. The lowest BCUT2D eigenvalue weighted by molar-refractivity contribution is -0.315. The Labute approximate surface area is 321 Å². The number of aliphatic hydroxyl groups is 5. The van der Waals surface area contributed by atoms with E-state index in [1.165, 1.54) is 21.1 Å². The van der Waals surface area contributed by atoms with Crippen molar-refractivity contribution in [3.63, 3.8) is 0 Å². The van der Waals surface area contributed by atoms with E-state index in [1.807, 2.05) is 11.8 Å². The molecule has 3 fully saturated rings. The van der Waals surface area contributed by atoms with Crippen LogP contribution in [0, 0.1) is 17.8 Å². The number of carbonyl (C=O) groups excluding carboxylic acids is 2. The minimum atomic E-state index is -1.83. The number of methoxy groups -OCH3 is 2. The summed E-state index contributed by atoms with van der Waals surface area (Å²) < 4.78 is 42.0. The summed E-state index contributed by atoms with van der Waals surface area (Å²) in [5, 5.41) is 60.7. The number of esters is 1. The minimum absolute atomic E-state index is 0.0878. The lowest BCUT2D eigenvalue weighted by Crippen LogP contribution is -2.61. The summed E-state index contributed by atoms with van der Waals surface area (Å²) in [6.07, 6.45) is -10.6. The molecule has 0 bridgehead atoms. The molecule has 316 valence electrons. The molecule has 3 aliphatic rings. The third-order valence-corrected chi connectivity index (χ3v) is 12.1. The molecule has 0 saturated carbocycles. The van der Waals surface area contributed by atoms with Gasteiger partial charge in [0.15, 0.2) is 12.6 Å². The average Bonchev–Trinajstić information content (AvgIpc) is 3.09. The maximum absolute atomic E-state index is 14.2. The molecule has 8 unspecified atom stereocenters. The monoisotopic (exact) mass is 778 g/mol. The average molecular weight is 779 g/mol. The predicted octanol–water partition coefficient (Wildman–Crippen LogP) is 1.70. The van der Waals surface area contributed by atoms with E-state index in [4.69, 9.17) is 33.2 Å². The van der Waals surface area contributed by atoms with Crippen LogP contribution < -0.4 is 5.32 Å². The number of amides is 1. The smallest absolute Gasteiger partial charge is 0.407 e. The van der Waals surface area contributed by atoms with Gasteiger partial charge in [-0.2, -0.15) is 0 Å². The van der Waals surface area contributed by atoms with Crippen LogP contribution in [-0.2, 0) is 38.0 Å². The number of nitrogens with zero attached hydrogens (tertiary/aromatic N) is 1. The second kappa shape index (κ2) is 18.7. The zero-order valence-corrected chi connectivity index (χ0v) is 34.6. The predicted molar refractivity (Wildman–Crippen MR) is 196 cm³/mol. The van der Waals surface area contributed by atoms with E-state index in [0.717, 1.165) is 0 Å². The lowest BCUT2D eigenvalue weighted by atomic mass is 9.77. The fraction of sp³-hybridized carbons (Fsp3) is 0.947. The van der Waals surface area contributed by atoms with Crippen molar-refractivity contribution in [2.24, 2.45) is 17.8 Å². The Hall–Kier alpha value is -1.70. The van der Waals surface area contributed by atoms with Crippen molar-refractivity contribution < 1.29 is 68.3 Å². The number of nitrogens with one attached hydrogen (secondary N) is 1. The third kappa shape index (κ3) is 10.6. The molecule has 6 N–H and O–H groups in total. The molecular weight excluding hydrogens is 708 g/mol. The summed E-state index contributed by atoms with van der Waals surface area (Å²) in [6.45, 7) is 17.5. The standard InChI is InChI=1S/C38H70N2O14/c1-14-26-38(10,47)30(42)23(6)40(11)18-19(2)16-36(8,46)32(54-34-28(41)25(15-20(3)50-34)39-35(45)48-12)21(4)29(22(5)33(44)52-26)53-27-17-37(9,49-13)31(43)24(7)51-27/h19-32,34,41-43,46-47H,14-18H2,1-13H3,(H,39,45)/t19-,20?,21+,22-,23-,24?,25?,26-,27?,28?,29+,30-,31?,32-,34?,36-,37?,38-/m1/s1. The van der Waals surface area contributed by atoms with E-state index in [2.05, 4.69) is 5.32 Å². The van der Waals surface area contributed by atoms with Crippen LogP contribution in [0.25, 0.3) is 0 Å². The molecule has 18 atom stereocenters. The van der Waals surface area contributed by atoms with Gasteiger partial charge < -0.3 is 68.9 Å². The first kappa shape index (κ1) is 46.7. The van der Waals surface area contributed by atoms with E-state index in [0.29, 0.717) is 6.54 Å². The Balaban J connectivity index is 2.17. The van der Waals surface area contributed by atoms with Crippen LogP contribution in [0.3, 0.4) is 0 Å². The maximum Gasteiger partial charge on any atom is 0.407 e. The van der Waals surface area contributed by atoms with E-state index < -0.39 is 114 Å². The van der Waals surface area contributed by atoms with Gasteiger partial charge in [0.25, 0.3) is 0 Å². The van der Waals surface area contributed by atoms with Crippen molar-refractivity contribution in [1.82, 2.24) is 10.2 Å². The molecule has 3 rings (SSSR count). The zero-order valence-electron chi connectivity index (χ0n) is 34.6. The Bertz CT molecular complexity index is 1220. The fourth-order valence-electron chi connectivity index (χ4n) is 8.60. The maximum atomic E-state index is 14.2. The molecule has 3 saturated heterocycles. The Kier molecular flexibility index (Phi) is 16.2. The molecule has 54 heavy (non-hydrogen) atoms. The summed E-state index contributed by atoms with van der Waals surface area (Å²) in [4.78, 5) is 28.3. The van der Waals surface area contributed by atoms with Crippen molar-refractivity contribution in [3.05, 3.63) is 0 Å². The third-order valence-electron chi connectivity index (χ3n) is 12.1. The second-order valence-electron chi connectivity index (χ2n) is 16.9. The first-order valence-corrected chi connectivity index (χ1v) is 19.3.